The van der Waals surface area contributed by atoms with E-state index in [0.29, 0.717) is 0 Å². The highest BCUT2D eigenvalue weighted by atomic mass is 16.6. The molecule has 0 aliphatic carbocycles. The highest BCUT2D eigenvalue weighted by Gasteiger charge is 2.19. The van der Waals surface area contributed by atoms with Gasteiger partial charge in [-0.1, -0.05) is 18.2 Å². The minimum absolute atomic E-state index is 0.00602. The summed E-state index contributed by atoms with van der Waals surface area (Å²) in [7, 11) is 0. The predicted octanol–water partition coefficient (Wildman–Crippen LogP) is 2.88. The molecule has 102 valence electrons. The van der Waals surface area contributed by atoms with Crippen LogP contribution in [0.15, 0.2) is 42.5 Å². The lowest BCUT2D eigenvalue weighted by Gasteiger charge is -2.08. The Morgan fingerprint density at radius 3 is 2.05 bits per heavy atom. The highest BCUT2D eigenvalue weighted by molar-refractivity contribution is 5.68. The molecule has 2 aromatic carbocycles. The van der Waals surface area contributed by atoms with E-state index in [9.17, 15) is 20.2 Å². The highest BCUT2D eigenvalue weighted by Crippen LogP contribution is 2.37. The van der Waals surface area contributed by atoms with Crippen LogP contribution in [0.25, 0.3) is 0 Å². The summed E-state index contributed by atoms with van der Waals surface area (Å²) in [5.74, 6) is -0.0433. The van der Waals surface area contributed by atoms with Crippen molar-refractivity contribution in [2.45, 2.75) is 0 Å². The third-order valence-electron chi connectivity index (χ3n) is 2.52. The van der Waals surface area contributed by atoms with Gasteiger partial charge in [-0.15, -0.1) is 0 Å². The molecule has 0 saturated heterocycles. The minimum atomic E-state index is -0.651. The fourth-order valence-electron chi connectivity index (χ4n) is 1.59. The van der Waals surface area contributed by atoms with Crippen molar-refractivity contribution >= 4 is 17.1 Å². The molecule has 0 aromatic heterocycles. The SMILES string of the molecule is Nc1c(Oc2ccccc2[N+](=O)[O-])cccc1[N+](=O)[O-]. The first kappa shape index (κ1) is 13.3. The normalized spacial score (nSPS) is 10.0. The molecule has 0 bridgehead atoms. The molecular formula is C12H9N3O5. The summed E-state index contributed by atoms with van der Waals surface area (Å²) in [5.41, 5.74) is 4.87. The molecule has 2 N–H and O–H groups in total. The summed E-state index contributed by atoms with van der Waals surface area (Å²) >= 11 is 0. The van der Waals surface area contributed by atoms with Gasteiger partial charge in [-0.05, 0) is 12.1 Å². The van der Waals surface area contributed by atoms with Crippen LogP contribution in [0.3, 0.4) is 0 Å². The van der Waals surface area contributed by atoms with Gasteiger partial charge in [0.25, 0.3) is 5.69 Å². The Kier molecular flexibility index (Phi) is 3.47. The number of hydrogen-bond acceptors (Lipinski definition) is 6. The third-order valence-corrected chi connectivity index (χ3v) is 2.52. The second-order valence-corrected chi connectivity index (χ2v) is 3.77. The molecule has 0 spiro atoms. The summed E-state index contributed by atoms with van der Waals surface area (Å²) in [6.07, 6.45) is 0. The Balaban J connectivity index is 2.43. The molecular weight excluding hydrogens is 266 g/mol. The van der Waals surface area contributed by atoms with Crippen molar-refractivity contribution in [1.29, 1.82) is 0 Å². The molecule has 2 rings (SSSR count). The maximum absolute atomic E-state index is 10.9. The molecule has 0 aliphatic heterocycles. The van der Waals surface area contributed by atoms with Crippen molar-refractivity contribution in [2.24, 2.45) is 0 Å². The number of nitrogens with zero attached hydrogens (tertiary/aromatic N) is 2. The first-order valence-corrected chi connectivity index (χ1v) is 5.45. The fourth-order valence-corrected chi connectivity index (χ4v) is 1.59. The van der Waals surface area contributed by atoms with Crippen molar-refractivity contribution in [2.75, 3.05) is 5.73 Å². The minimum Gasteiger partial charge on any atom is -0.448 e. The van der Waals surface area contributed by atoms with E-state index >= 15 is 0 Å². The van der Waals surface area contributed by atoms with Crippen molar-refractivity contribution < 1.29 is 14.6 Å². The molecule has 2 aromatic rings. The van der Waals surface area contributed by atoms with Gasteiger partial charge in [0.05, 0.1) is 9.85 Å². The topological polar surface area (TPSA) is 122 Å². The van der Waals surface area contributed by atoms with Crippen LogP contribution in [0, 0.1) is 20.2 Å². The zero-order chi connectivity index (χ0) is 14.7. The summed E-state index contributed by atoms with van der Waals surface area (Å²) in [4.78, 5) is 20.4. The monoisotopic (exact) mass is 275 g/mol. The number of nitrogen functional groups attached to an aromatic ring is 1. The molecule has 0 saturated carbocycles. The maximum Gasteiger partial charge on any atom is 0.311 e. The van der Waals surface area contributed by atoms with Crippen LogP contribution in [0.2, 0.25) is 0 Å². The number of rotatable bonds is 4. The van der Waals surface area contributed by atoms with E-state index in [2.05, 4.69) is 0 Å². The van der Waals surface area contributed by atoms with Crippen molar-refractivity contribution in [3.8, 4) is 11.5 Å². The zero-order valence-corrected chi connectivity index (χ0v) is 10.1. The number of hydrogen-bond donors (Lipinski definition) is 1. The smallest absolute Gasteiger partial charge is 0.311 e. The van der Waals surface area contributed by atoms with Crippen molar-refractivity contribution in [3.05, 3.63) is 62.7 Å². The van der Waals surface area contributed by atoms with Gasteiger partial charge < -0.3 is 10.5 Å². The van der Waals surface area contributed by atoms with E-state index in [1.165, 1.54) is 36.4 Å². The summed E-state index contributed by atoms with van der Waals surface area (Å²) < 4.78 is 5.32. The number of anilines is 1. The average Bonchev–Trinajstić information content (AvgIpc) is 2.41. The van der Waals surface area contributed by atoms with Crippen LogP contribution in [-0.4, -0.2) is 9.85 Å². The maximum atomic E-state index is 10.9. The van der Waals surface area contributed by atoms with Gasteiger partial charge in [-0.25, -0.2) is 0 Å². The van der Waals surface area contributed by atoms with Crippen LogP contribution in [0.1, 0.15) is 0 Å². The van der Waals surface area contributed by atoms with Crippen LogP contribution < -0.4 is 10.5 Å². The van der Waals surface area contributed by atoms with E-state index in [1.807, 2.05) is 0 Å². The van der Waals surface area contributed by atoms with E-state index < -0.39 is 9.85 Å². The van der Waals surface area contributed by atoms with Crippen LogP contribution in [0.5, 0.6) is 11.5 Å². The van der Waals surface area contributed by atoms with Gasteiger partial charge in [0, 0.05) is 12.1 Å². The van der Waals surface area contributed by atoms with Gasteiger partial charge >= 0.3 is 5.69 Å². The number of nitrogens with two attached hydrogens (primary N) is 1. The predicted molar refractivity (Wildman–Crippen MR) is 70.7 cm³/mol. The number of nitro groups is 2. The third kappa shape index (κ3) is 2.48. The Labute approximate surface area is 112 Å². The van der Waals surface area contributed by atoms with Crippen LogP contribution in [-0.2, 0) is 0 Å². The Hall–Kier alpha value is -3.16. The molecule has 0 radical (unpaired) electrons. The van der Waals surface area contributed by atoms with E-state index in [-0.39, 0.29) is 28.6 Å². The van der Waals surface area contributed by atoms with Crippen molar-refractivity contribution in [1.82, 2.24) is 0 Å². The second kappa shape index (κ2) is 5.22. The lowest BCUT2D eigenvalue weighted by molar-refractivity contribution is -0.385. The quantitative estimate of drug-likeness (QED) is 0.520. The Morgan fingerprint density at radius 2 is 1.40 bits per heavy atom. The summed E-state index contributed by atoms with van der Waals surface area (Å²) in [6.45, 7) is 0. The van der Waals surface area contributed by atoms with Gasteiger partial charge in [0.2, 0.25) is 5.75 Å². The average molecular weight is 275 g/mol. The number of ether oxygens (including phenoxy) is 1. The van der Waals surface area contributed by atoms with Crippen LogP contribution >= 0.6 is 0 Å². The van der Waals surface area contributed by atoms with Gasteiger partial charge in [-0.2, -0.15) is 0 Å². The molecule has 8 nitrogen and oxygen atoms in total. The molecule has 0 amide bonds. The van der Waals surface area contributed by atoms with E-state index in [1.54, 1.807) is 6.07 Å². The lowest BCUT2D eigenvalue weighted by atomic mass is 10.2. The van der Waals surface area contributed by atoms with E-state index in [0.717, 1.165) is 0 Å². The van der Waals surface area contributed by atoms with Gasteiger partial charge in [-0.3, -0.25) is 20.2 Å². The van der Waals surface area contributed by atoms with Crippen LogP contribution in [0.4, 0.5) is 17.1 Å². The molecule has 20 heavy (non-hydrogen) atoms. The zero-order valence-electron chi connectivity index (χ0n) is 10.1. The summed E-state index contributed by atoms with van der Waals surface area (Å²) in [6, 6.07) is 9.70. The number of para-hydroxylation sites is 3. The molecule has 0 atom stereocenters. The standard InChI is InChI=1S/C12H9N3O5/c13-12-9(15(18)19)5-3-7-11(12)20-10-6-2-1-4-8(10)14(16)17/h1-7H,13H2. The van der Waals surface area contributed by atoms with E-state index in [4.69, 9.17) is 10.5 Å². The first-order chi connectivity index (χ1) is 9.50. The molecule has 0 unspecified atom stereocenters. The fraction of sp³-hybridized carbons (Fsp3) is 0. The Morgan fingerprint density at radius 1 is 0.850 bits per heavy atom. The molecule has 0 heterocycles. The molecule has 0 aliphatic rings. The van der Waals surface area contributed by atoms with Crippen molar-refractivity contribution in [3.63, 3.8) is 0 Å². The number of benzene rings is 2. The molecule has 0 fully saturated rings. The second-order valence-electron chi connectivity index (χ2n) is 3.77. The lowest BCUT2D eigenvalue weighted by Crippen LogP contribution is -1.99. The largest absolute Gasteiger partial charge is 0.448 e. The first-order valence-electron chi connectivity index (χ1n) is 5.45. The van der Waals surface area contributed by atoms with Gasteiger partial charge in [0.15, 0.2) is 11.4 Å². The number of nitro benzene ring substituents is 2. The molecule has 8 heteroatoms. The summed E-state index contributed by atoms with van der Waals surface area (Å²) in [5, 5.41) is 21.6. The van der Waals surface area contributed by atoms with Gasteiger partial charge in [0.1, 0.15) is 0 Å². The Bertz CT molecular complexity index is 687.